The first-order chi connectivity index (χ1) is 3.27. The average Bonchev–Trinajstić information content (AvgIpc) is 1.73. The minimum absolute atomic E-state index is 0.157. The van der Waals surface area contributed by atoms with Gasteiger partial charge in [0, 0.05) is 0 Å². The first kappa shape index (κ1) is 10.7. The van der Waals surface area contributed by atoms with Gasteiger partial charge in [-0.1, -0.05) is 0 Å². The third-order valence-corrected chi connectivity index (χ3v) is 0.192. The van der Waals surface area contributed by atoms with Gasteiger partial charge < -0.3 is 24.8 Å². The summed E-state index contributed by atoms with van der Waals surface area (Å²) in [6.07, 6.45) is 1.14. The van der Waals surface area contributed by atoms with Gasteiger partial charge >= 0.3 is 30.9 Å². The summed E-state index contributed by atoms with van der Waals surface area (Å²) in [5.41, 5.74) is 0.157. The summed E-state index contributed by atoms with van der Waals surface area (Å²) >= 11 is 3.92. The number of hydrogen-bond donors (Lipinski definition) is 0. The van der Waals surface area contributed by atoms with Crippen LogP contribution in [-0.4, -0.2) is 0 Å². The molecule has 0 aromatic rings. The summed E-state index contributed by atoms with van der Waals surface area (Å²) in [7, 11) is 0. The molecule has 0 nitrogen and oxygen atoms in total. The Labute approximate surface area is 62.5 Å². The van der Waals surface area contributed by atoms with Crippen molar-refractivity contribution in [2.75, 3.05) is 0 Å². The molecular weight excluding hydrogens is 295 g/mol. The van der Waals surface area contributed by atoms with Gasteiger partial charge in [0.2, 0.25) is 0 Å². The Morgan fingerprint density at radius 3 is 1.86 bits per heavy atom. The van der Waals surface area contributed by atoms with Crippen molar-refractivity contribution in [2.45, 2.75) is 0 Å². The van der Waals surface area contributed by atoms with Crippen LogP contribution in [0.2, 0.25) is 0 Å². The van der Waals surface area contributed by atoms with Crippen LogP contribution in [0, 0.1) is 20.1 Å². The Morgan fingerprint density at radius 2 is 1.86 bits per heavy atom. The molecule has 0 aliphatic rings. The van der Waals surface area contributed by atoms with Gasteiger partial charge in [0.25, 0.3) is 0 Å². The fourth-order valence-corrected chi connectivity index (χ4v) is 0. The summed E-state index contributed by atoms with van der Waals surface area (Å²) in [6, 6.07) is 0. The van der Waals surface area contributed by atoms with Crippen LogP contribution in [0.25, 0.3) is 0 Å². The van der Waals surface area contributed by atoms with E-state index in [1.165, 1.54) is 16.8 Å². The van der Waals surface area contributed by atoms with Crippen LogP contribution >= 0.6 is 0 Å². The van der Waals surface area contributed by atoms with Crippen molar-refractivity contribution in [1.29, 1.82) is 0 Å². The predicted molar refractivity (Wildman–Crippen MR) is 21.0 cm³/mol. The van der Waals surface area contributed by atoms with Crippen molar-refractivity contribution in [1.82, 2.24) is 0 Å². The van der Waals surface area contributed by atoms with Crippen LogP contribution in [0.4, 0.5) is 0 Å². The third-order valence-electron chi connectivity index (χ3n) is 0.192. The van der Waals surface area contributed by atoms with E-state index in [0.29, 0.717) is 0 Å². The molecule has 0 fully saturated rings. The Hall–Kier alpha value is 0.753. The van der Waals surface area contributed by atoms with Gasteiger partial charge in [-0.2, -0.15) is 0 Å². The molecule has 2 heteroatoms. The van der Waals surface area contributed by atoms with E-state index in [0.717, 1.165) is 6.08 Å². The first-order valence-corrected chi connectivity index (χ1v) is 7.36. The van der Waals surface area contributed by atoms with Crippen LogP contribution in [0.1, 0.15) is 0 Å². The molecule has 0 aliphatic heterocycles. The molecule has 0 N–H and O–H groups in total. The molecule has 0 rings (SSSR count). The van der Waals surface area contributed by atoms with E-state index in [-0.39, 0.29) is 5.57 Å². The summed E-state index contributed by atoms with van der Waals surface area (Å²) < 4.78 is 0. The summed E-state index contributed by atoms with van der Waals surface area (Å²) in [5.74, 6) is 0. The van der Waals surface area contributed by atoms with Gasteiger partial charge in [-0.15, -0.1) is 6.92 Å². The van der Waals surface area contributed by atoms with Crippen LogP contribution in [-0.2, 0) is 30.9 Å². The third kappa shape index (κ3) is 20.1. The van der Waals surface area contributed by atoms with E-state index in [4.69, 9.17) is 20.1 Å². The van der Waals surface area contributed by atoms with E-state index < -0.39 is 0 Å². The molecule has 0 amide bonds. The Kier molecular flexibility index (Phi) is 15.1. The van der Waals surface area contributed by atoms with Gasteiger partial charge in [-0.25, -0.2) is 0 Å². The molecule has 0 aromatic heterocycles. The van der Waals surface area contributed by atoms with E-state index >= 15 is 0 Å². The maximum atomic E-state index is 4.81. The second kappa shape index (κ2) is 9.89. The molecule has 0 aliphatic carbocycles. The van der Waals surface area contributed by atoms with Crippen molar-refractivity contribution in [3.05, 3.63) is 31.7 Å². The Balaban J connectivity index is 0. The topological polar surface area (TPSA) is 0 Å². The number of hydrogen-bond acceptors (Lipinski definition) is 0. The molecule has 0 saturated heterocycles. The van der Waals surface area contributed by atoms with Crippen LogP contribution < -0.4 is 0 Å². The number of rotatable bonds is 1. The van der Waals surface area contributed by atoms with Crippen LogP contribution in [0.3, 0.4) is 0 Å². The predicted octanol–water partition coefficient (Wildman–Crippen LogP) is 1.04. The van der Waals surface area contributed by atoms with E-state index in [1.807, 2.05) is 0 Å². The molecule has 0 heterocycles. The van der Waals surface area contributed by atoms with Crippen LogP contribution in [0.15, 0.2) is 11.6 Å². The second-order valence-corrected chi connectivity index (χ2v) is 0.667. The zero-order valence-electron chi connectivity index (χ0n) is 3.66. The Bertz CT molecular complexity index is 68.5. The van der Waals surface area contributed by atoms with Crippen molar-refractivity contribution in [3.8, 4) is 0 Å². The van der Waals surface area contributed by atoms with E-state index in [1.54, 1.807) is 0 Å². The Morgan fingerprint density at radius 1 is 1.71 bits per heavy atom. The summed E-state index contributed by atoms with van der Waals surface area (Å²) in [4.78, 5) is 0. The van der Waals surface area contributed by atoms with Crippen molar-refractivity contribution >= 4 is 0 Å². The minimum atomic E-state index is 0.157. The van der Waals surface area contributed by atoms with Crippen LogP contribution in [0.5, 0.6) is 0 Å². The first-order valence-electron chi connectivity index (χ1n) is 1.38. The molecule has 0 unspecified atom stereocenters. The van der Waals surface area contributed by atoms with Gasteiger partial charge in [0.1, 0.15) is 0 Å². The normalized spacial score (nSPS) is 5.14. The van der Waals surface area contributed by atoms with Crippen molar-refractivity contribution < 1.29 is 30.9 Å². The monoisotopic (exact) mass is 299 g/mol. The van der Waals surface area contributed by atoms with Gasteiger partial charge in [-0.05, 0) is 0 Å². The average molecular weight is 299 g/mol. The molecule has 0 spiro atoms. The molecule has 2 radical (unpaired) electrons. The maximum absolute atomic E-state index is 4.81. The molecule has 37 valence electrons. The van der Waals surface area contributed by atoms with Gasteiger partial charge in [0.05, 0.1) is 0 Å². The molecule has 0 saturated carbocycles. The van der Waals surface area contributed by atoms with E-state index in [2.05, 4.69) is 14.1 Å². The fourth-order valence-electron chi connectivity index (χ4n) is 0. The standard InChI is InChI=1S/C5H4.V.W/c1-4-5(2)3;;/h1-4H;;/q-2;;. The summed E-state index contributed by atoms with van der Waals surface area (Å²) in [5, 5.41) is 0. The summed E-state index contributed by atoms with van der Waals surface area (Å²) in [6.45, 7) is 14.4. The van der Waals surface area contributed by atoms with Crippen molar-refractivity contribution in [2.24, 2.45) is 0 Å². The zero-order chi connectivity index (χ0) is 6.28. The molecular formula is C5H4VW-2. The van der Waals surface area contributed by atoms with Gasteiger partial charge in [0.15, 0.2) is 0 Å². The SMILES string of the molecule is [CH]C(=[CH-])C=[CH-].[V]=[W]. The molecule has 0 atom stereocenters. The molecule has 7 heavy (non-hydrogen) atoms. The van der Waals surface area contributed by atoms with Crippen molar-refractivity contribution in [3.63, 3.8) is 0 Å². The zero-order valence-corrected chi connectivity index (χ0v) is 7.99. The number of allylic oxidation sites excluding steroid dienone is 2. The fraction of sp³-hybridized carbons (Fsp3) is 0. The molecule has 0 aromatic carbocycles. The quantitative estimate of drug-likeness (QED) is 0.501. The molecule has 0 bridgehead atoms. The van der Waals surface area contributed by atoms with E-state index in [9.17, 15) is 0 Å². The second-order valence-electron chi connectivity index (χ2n) is 0.667. The van der Waals surface area contributed by atoms with Gasteiger partial charge in [-0.3, -0.25) is 0 Å².